The Hall–Kier alpha value is -2.17. The topological polar surface area (TPSA) is 46.3 Å². The SMILES string of the molecule is Cc1ccc(C(=O)N2CCCC2c2cc(C)no2)c(F)c1. The highest BCUT2D eigenvalue weighted by atomic mass is 19.1. The molecule has 4 nitrogen and oxygen atoms in total. The molecule has 0 spiro atoms. The predicted octanol–water partition coefficient (Wildman–Crippen LogP) is 3.41. The first-order valence-electron chi connectivity index (χ1n) is 7.06. The lowest BCUT2D eigenvalue weighted by atomic mass is 10.1. The van der Waals surface area contributed by atoms with Gasteiger partial charge in [-0.1, -0.05) is 11.2 Å². The van der Waals surface area contributed by atoms with Crippen molar-refractivity contribution in [3.05, 3.63) is 52.7 Å². The van der Waals surface area contributed by atoms with Gasteiger partial charge in [0, 0.05) is 12.6 Å². The van der Waals surface area contributed by atoms with Crippen LogP contribution in [0, 0.1) is 19.7 Å². The largest absolute Gasteiger partial charge is 0.359 e. The van der Waals surface area contributed by atoms with Crippen LogP contribution in [-0.2, 0) is 0 Å². The van der Waals surface area contributed by atoms with E-state index in [1.54, 1.807) is 24.0 Å². The standard InChI is InChI=1S/C16H17FN2O2/c1-10-5-6-12(13(17)8-10)16(20)19-7-3-4-14(19)15-9-11(2)18-21-15/h5-6,8-9,14H,3-4,7H2,1-2H3. The molecule has 5 heteroatoms. The minimum Gasteiger partial charge on any atom is -0.359 e. The van der Waals surface area contributed by atoms with Crippen LogP contribution < -0.4 is 0 Å². The van der Waals surface area contributed by atoms with Gasteiger partial charge in [0.05, 0.1) is 17.3 Å². The van der Waals surface area contributed by atoms with E-state index in [1.807, 2.05) is 13.0 Å². The first kappa shape index (κ1) is 13.8. The van der Waals surface area contributed by atoms with Crippen molar-refractivity contribution in [2.75, 3.05) is 6.54 Å². The van der Waals surface area contributed by atoms with Gasteiger partial charge in [0.2, 0.25) is 0 Å². The van der Waals surface area contributed by atoms with Crippen LogP contribution in [0.4, 0.5) is 4.39 Å². The lowest BCUT2D eigenvalue weighted by molar-refractivity contribution is 0.0710. The van der Waals surface area contributed by atoms with Gasteiger partial charge in [-0.05, 0) is 44.4 Å². The zero-order valence-corrected chi connectivity index (χ0v) is 12.1. The number of aromatic nitrogens is 1. The highest BCUT2D eigenvalue weighted by molar-refractivity contribution is 5.95. The van der Waals surface area contributed by atoms with Gasteiger partial charge in [-0.15, -0.1) is 0 Å². The monoisotopic (exact) mass is 288 g/mol. The summed E-state index contributed by atoms with van der Waals surface area (Å²) in [5.74, 6) is -0.0886. The smallest absolute Gasteiger partial charge is 0.257 e. The van der Waals surface area contributed by atoms with Crippen LogP contribution in [0.1, 0.15) is 46.3 Å². The van der Waals surface area contributed by atoms with E-state index in [-0.39, 0.29) is 17.5 Å². The summed E-state index contributed by atoms with van der Waals surface area (Å²) in [6.07, 6.45) is 1.69. The molecular formula is C16H17FN2O2. The number of benzene rings is 1. The minimum atomic E-state index is -0.473. The quantitative estimate of drug-likeness (QED) is 0.850. The van der Waals surface area contributed by atoms with E-state index in [0.29, 0.717) is 12.3 Å². The number of likely N-dealkylation sites (tertiary alicyclic amines) is 1. The van der Waals surface area contributed by atoms with Crippen molar-refractivity contribution < 1.29 is 13.7 Å². The van der Waals surface area contributed by atoms with E-state index < -0.39 is 5.82 Å². The Bertz CT molecular complexity index is 681. The van der Waals surface area contributed by atoms with E-state index >= 15 is 0 Å². The second-order valence-corrected chi connectivity index (χ2v) is 5.51. The number of carbonyl (C=O) groups excluding carboxylic acids is 1. The van der Waals surface area contributed by atoms with Crippen LogP contribution in [-0.4, -0.2) is 22.5 Å². The molecule has 2 aromatic rings. The van der Waals surface area contributed by atoms with Crippen molar-refractivity contribution in [1.29, 1.82) is 0 Å². The number of hydrogen-bond acceptors (Lipinski definition) is 3. The Morgan fingerprint density at radius 2 is 2.19 bits per heavy atom. The van der Waals surface area contributed by atoms with Gasteiger partial charge in [-0.3, -0.25) is 4.79 Å². The molecule has 0 saturated carbocycles. The number of amides is 1. The Morgan fingerprint density at radius 1 is 1.38 bits per heavy atom. The zero-order valence-electron chi connectivity index (χ0n) is 12.1. The third-order valence-corrected chi connectivity index (χ3v) is 3.84. The van der Waals surface area contributed by atoms with Gasteiger partial charge < -0.3 is 9.42 Å². The Balaban J connectivity index is 1.89. The molecule has 0 bridgehead atoms. The normalized spacial score (nSPS) is 18.2. The molecule has 110 valence electrons. The van der Waals surface area contributed by atoms with Crippen LogP contribution in [0.3, 0.4) is 0 Å². The second-order valence-electron chi connectivity index (χ2n) is 5.51. The first-order chi connectivity index (χ1) is 10.1. The molecule has 1 amide bonds. The van der Waals surface area contributed by atoms with Crippen LogP contribution in [0.25, 0.3) is 0 Å². The van der Waals surface area contributed by atoms with E-state index in [2.05, 4.69) is 5.16 Å². The molecule has 1 aliphatic rings. The van der Waals surface area contributed by atoms with Crippen LogP contribution in [0.2, 0.25) is 0 Å². The molecule has 1 aliphatic heterocycles. The van der Waals surface area contributed by atoms with Crippen LogP contribution in [0.5, 0.6) is 0 Å². The van der Waals surface area contributed by atoms with E-state index in [9.17, 15) is 9.18 Å². The maximum absolute atomic E-state index is 14.0. The maximum Gasteiger partial charge on any atom is 0.257 e. The molecule has 0 N–H and O–H groups in total. The Morgan fingerprint density at radius 3 is 2.86 bits per heavy atom. The number of halogens is 1. The molecule has 1 fully saturated rings. The molecular weight excluding hydrogens is 271 g/mol. The number of hydrogen-bond donors (Lipinski definition) is 0. The molecule has 0 aliphatic carbocycles. The summed E-state index contributed by atoms with van der Waals surface area (Å²) in [5.41, 5.74) is 1.70. The Kier molecular flexibility index (Phi) is 3.49. The molecule has 21 heavy (non-hydrogen) atoms. The average Bonchev–Trinajstić information content (AvgIpc) is 3.06. The zero-order chi connectivity index (χ0) is 15.0. The van der Waals surface area contributed by atoms with Crippen molar-refractivity contribution in [3.63, 3.8) is 0 Å². The van der Waals surface area contributed by atoms with Gasteiger partial charge in [-0.2, -0.15) is 0 Å². The van der Waals surface area contributed by atoms with Gasteiger partial charge in [0.25, 0.3) is 5.91 Å². The Labute approximate surface area is 122 Å². The lowest BCUT2D eigenvalue weighted by Crippen LogP contribution is -2.31. The third-order valence-electron chi connectivity index (χ3n) is 3.84. The number of rotatable bonds is 2. The molecule has 1 atom stereocenters. The fourth-order valence-corrected chi connectivity index (χ4v) is 2.79. The van der Waals surface area contributed by atoms with Crippen molar-refractivity contribution in [2.45, 2.75) is 32.7 Å². The minimum absolute atomic E-state index is 0.115. The highest BCUT2D eigenvalue weighted by Crippen LogP contribution is 2.33. The van der Waals surface area contributed by atoms with Gasteiger partial charge >= 0.3 is 0 Å². The van der Waals surface area contributed by atoms with Crippen molar-refractivity contribution in [3.8, 4) is 0 Å². The first-order valence-corrected chi connectivity index (χ1v) is 7.06. The maximum atomic E-state index is 14.0. The fourth-order valence-electron chi connectivity index (χ4n) is 2.79. The number of nitrogens with zero attached hydrogens (tertiary/aromatic N) is 2. The van der Waals surface area contributed by atoms with Crippen molar-refractivity contribution in [1.82, 2.24) is 10.1 Å². The number of aryl methyl sites for hydroxylation is 2. The molecule has 1 aromatic carbocycles. The molecule has 0 radical (unpaired) electrons. The number of carbonyl (C=O) groups is 1. The van der Waals surface area contributed by atoms with E-state index in [0.717, 1.165) is 24.1 Å². The van der Waals surface area contributed by atoms with Gasteiger partial charge in [-0.25, -0.2) is 4.39 Å². The molecule has 1 saturated heterocycles. The molecule has 1 aromatic heterocycles. The lowest BCUT2D eigenvalue weighted by Gasteiger charge is -2.23. The third kappa shape index (κ3) is 2.55. The second kappa shape index (κ2) is 5.31. The summed E-state index contributed by atoms with van der Waals surface area (Å²) < 4.78 is 19.3. The molecule has 1 unspecified atom stereocenters. The summed E-state index contributed by atoms with van der Waals surface area (Å²) in [6, 6.07) is 6.37. The van der Waals surface area contributed by atoms with Crippen LogP contribution >= 0.6 is 0 Å². The summed E-state index contributed by atoms with van der Waals surface area (Å²) in [4.78, 5) is 14.3. The predicted molar refractivity (Wildman–Crippen MR) is 75.4 cm³/mol. The van der Waals surface area contributed by atoms with Crippen molar-refractivity contribution in [2.24, 2.45) is 0 Å². The fraction of sp³-hybridized carbons (Fsp3) is 0.375. The average molecular weight is 288 g/mol. The van der Waals surface area contributed by atoms with Gasteiger partial charge in [0.1, 0.15) is 5.82 Å². The summed E-state index contributed by atoms with van der Waals surface area (Å²) >= 11 is 0. The van der Waals surface area contributed by atoms with Gasteiger partial charge in [0.15, 0.2) is 5.76 Å². The summed E-state index contributed by atoms with van der Waals surface area (Å²) in [5, 5.41) is 3.87. The summed E-state index contributed by atoms with van der Waals surface area (Å²) in [7, 11) is 0. The summed E-state index contributed by atoms with van der Waals surface area (Å²) in [6.45, 7) is 4.25. The van der Waals surface area contributed by atoms with E-state index in [4.69, 9.17) is 4.52 Å². The van der Waals surface area contributed by atoms with Crippen molar-refractivity contribution >= 4 is 5.91 Å². The van der Waals surface area contributed by atoms with E-state index in [1.165, 1.54) is 6.07 Å². The highest BCUT2D eigenvalue weighted by Gasteiger charge is 2.34. The van der Waals surface area contributed by atoms with Crippen LogP contribution in [0.15, 0.2) is 28.8 Å². The molecule has 2 heterocycles. The molecule has 3 rings (SSSR count).